The zero-order valence-corrected chi connectivity index (χ0v) is 5.72. The van der Waals surface area contributed by atoms with Gasteiger partial charge in [-0.3, -0.25) is 4.37 Å². The van der Waals surface area contributed by atoms with Crippen LogP contribution in [-0.2, 0) is 0 Å². The highest BCUT2D eigenvalue weighted by atomic mass is 32.1. The van der Waals surface area contributed by atoms with Gasteiger partial charge < -0.3 is 8.96 Å². The maximum absolute atomic E-state index is 10.3. The Labute approximate surface area is 60.8 Å². The van der Waals surface area contributed by atoms with Crippen LogP contribution in [0.15, 0.2) is 22.4 Å². The summed E-state index contributed by atoms with van der Waals surface area (Å²) in [7, 11) is 0. The minimum absolute atomic E-state index is 0.123. The summed E-state index contributed by atoms with van der Waals surface area (Å²) in [6, 6.07) is 1.42. The van der Waals surface area contributed by atoms with E-state index in [9.17, 15) is 4.79 Å². The van der Waals surface area contributed by atoms with Crippen LogP contribution in [0.2, 0.25) is 0 Å². The second kappa shape index (κ2) is 3.07. The molecule has 2 N–H and O–H groups in total. The normalized spacial score (nSPS) is 8.80. The molecule has 0 saturated carbocycles. The van der Waals surface area contributed by atoms with Gasteiger partial charge in [-0.25, -0.2) is 4.79 Å². The Balaban J connectivity index is 3.10. The van der Waals surface area contributed by atoms with Gasteiger partial charge in [-0.15, -0.1) is 0 Å². The Morgan fingerprint density at radius 3 is 3.30 bits per heavy atom. The summed E-state index contributed by atoms with van der Waals surface area (Å²) in [5.41, 5.74) is 0.123. The maximum atomic E-state index is 10.3. The fourth-order valence-electron chi connectivity index (χ4n) is 0.416. The molecule has 0 aliphatic rings. The Kier molecular flexibility index (Phi) is 2.11. The molecule has 1 aromatic heterocycles. The number of hydrogen-bond donors (Lipinski definition) is 2. The van der Waals surface area contributed by atoms with Crippen LogP contribution in [-0.4, -0.2) is 15.4 Å². The van der Waals surface area contributed by atoms with Crippen LogP contribution in [0.3, 0.4) is 0 Å². The quantitative estimate of drug-likeness (QED) is 0.652. The topological polar surface area (TPSA) is 66.2 Å². The van der Waals surface area contributed by atoms with Gasteiger partial charge in [0.15, 0.2) is 0 Å². The first kappa shape index (κ1) is 6.88. The zero-order chi connectivity index (χ0) is 7.40. The molecule has 0 atom stereocenters. The highest BCUT2D eigenvalue weighted by Gasteiger charge is 1.98. The van der Waals surface area contributed by atoms with Gasteiger partial charge >= 0.3 is 5.97 Å². The molecule has 0 bridgehead atoms. The number of carbonyl (C=O) groups is 1. The van der Waals surface area contributed by atoms with E-state index in [4.69, 9.17) is 5.11 Å². The molecular formula is C5H5NO3S. The molecule has 0 fully saturated rings. The molecule has 0 aliphatic carbocycles. The highest BCUT2D eigenvalue weighted by molar-refractivity contribution is 6.96. The minimum Gasteiger partial charge on any atom is -0.478 e. The largest absolute Gasteiger partial charge is 0.478 e. The summed E-state index contributed by atoms with van der Waals surface area (Å²) in [5.74, 6) is -0.999. The minimum atomic E-state index is -0.999. The van der Waals surface area contributed by atoms with E-state index in [1.165, 1.54) is 18.5 Å². The summed E-state index contributed by atoms with van der Waals surface area (Å²) in [6.07, 6.45) is 2.67. The van der Waals surface area contributed by atoms with Gasteiger partial charge in [0, 0.05) is 6.20 Å². The lowest BCUT2D eigenvalue weighted by molar-refractivity contribution is 0.0695. The second-order valence-corrected chi connectivity index (χ2v) is 2.10. The van der Waals surface area contributed by atoms with Crippen molar-refractivity contribution in [2.24, 2.45) is 0 Å². The first-order chi connectivity index (χ1) is 4.80. The van der Waals surface area contributed by atoms with Crippen molar-refractivity contribution >= 4 is 17.8 Å². The third kappa shape index (κ3) is 1.63. The fraction of sp³-hybridized carbons (Fsp3) is 0. The molecule has 10 heavy (non-hydrogen) atoms. The number of hydrogen-bond acceptors (Lipinski definition) is 3. The summed E-state index contributed by atoms with van der Waals surface area (Å²) in [4.78, 5) is 10.3. The molecular weight excluding hydrogens is 154 g/mol. The maximum Gasteiger partial charge on any atom is 0.338 e. The number of aromatic nitrogens is 1. The predicted molar refractivity (Wildman–Crippen MR) is 35.5 cm³/mol. The van der Waals surface area contributed by atoms with Gasteiger partial charge in [0.2, 0.25) is 0 Å². The van der Waals surface area contributed by atoms with E-state index in [2.05, 4.69) is 8.22 Å². The molecule has 0 radical (unpaired) electrons. The van der Waals surface area contributed by atoms with Crippen LogP contribution in [0.5, 0.6) is 0 Å². The molecule has 54 valence electrons. The molecule has 5 heteroatoms. The number of carboxylic acids is 1. The highest BCUT2D eigenvalue weighted by Crippen LogP contribution is 1.96. The molecule has 1 aromatic rings. The van der Waals surface area contributed by atoms with E-state index in [1.54, 1.807) is 0 Å². The van der Waals surface area contributed by atoms with E-state index in [0.29, 0.717) is 0 Å². The van der Waals surface area contributed by atoms with Crippen molar-refractivity contribution < 1.29 is 13.8 Å². The number of nitrogens with one attached hydrogen (secondary N) is 1. The van der Waals surface area contributed by atoms with Crippen molar-refractivity contribution in [1.29, 1.82) is 0 Å². The number of carboxylic acid groups (broad SMARTS) is 1. The number of aromatic carboxylic acids is 1. The van der Waals surface area contributed by atoms with Crippen LogP contribution in [0.4, 0.5) is 0 Å². The van der Waals surface area contributed by atoms with Crippen LogP contribution in [0.25, 0.3) is 0 Å². The predicted octanol–water partition coefficient (Wildman–Crippen LogP) is 1.49. The number of rotatable bonds is 1. The van der Waals surface area contributed by atoms with Gasteiger partial charge in [0.25, 0.3) is 0 Å². The molecule has 0 saturated heterocycles. The van der Waals surface area contributed by atoms with Crippen molar-refractivity contribution in [1.82, 2.24) is 4.37 Å². The van der Waals surface area contributed by atoms with E-state index in [1.807, 2.05) is 0 Å². The Hall–Kier alpha value is -1.23. The lowest BCUT2D eigenvalue weighted by Gasteiger charge is -1.81. The van der Waals surface area contributed by atoms with Crippen LogP contribution < -0.4 is 0 Å². The van der Waals surface area contributed by atoms with Gasteiger partial charge in [0.1, 0.15) is 18.1 Å². The second-order valence-electron chi connectivity index (χ2n) is 1.51. The Morgan fingerprint density at radius 2 is 2.60 bits per heavy atom. The monoisotopic (exact) mass is 159 g/mol. The van der Waals surface area contributed by atoms with Gasteiger partial charge in [-0.1, -0.05) is 0 Å². The van der Waals surface area contributed by atoms with Crippen molar-refractivity contribution in [2.45, 2.75) is 0 Å². The summed E-state index contributed by atoms with van der Waals surface area (Å²) >= 11 is 0.960. The molecule has 0 aromatic carbocycles. The summed E-state index contributed by atoms with van der Waals surface area (Å²) in [6.45, 7) is 0. The number of H-pyrrole nitrogens is 1. The van der Waals surface area contributed by atoms with Crippen LogP contribution in [0, 0.1) is 0 Å². The SMILES string of the molecule is O=C(O)c1cc[nH]soc1. The van der Waals surface area contributed by atoms with Gasteiger partial charge in [-0.2, -0.15) is 0 Å². The summed E-state index contributed by atoms with van der Waals surface area (Å²) < 4.78 is 7.30. The lowest BCUT2D eigenvalue weighted by Crippen LogP contribution is -1.92. The number of aromatic amines is 1. The van der Waals surface area contributed by atoms with Crippen molar-refractivity contribution in [3.8, 4) is 0 Å². The van der Waals surface area contributed by atoms with Crippen molar-refractivity contribution in [2.75, 3.05) is 0 Å². The molecule has 1 heterocycles. The fourth-order valence-corrected chi connectivity index (χ4v) is 0.747. The van der Waals surface area contributed by atoms with Crippen LogP contribution >= 0.6 is 11.8 Å². The third-order valence-electron chi connectivity index (χ3n) is 0.849. The van der Waals surface area contributed by atoms with Crippen molar-refractivity contribution in [3.63, 3.8) is 0 Å². The van der Waals surface area contributed by atoms with E-state index in [0.717, 1.165) is 11.8 Å². The van der Waals surface area contributed by atoms with E-state index >= 15 is 0 Å². The standard InChI is InChI=1S/C5H5NO3S/c7-5(8)4-1-2-6-10-9-3-4/h1-3,6H,(H,7,8). The van der Waals surface area contributed by atoms with Crippen molar-refractivity contribution in [3.05, 3.63) is 24.1 Å². The van der Waals surface area contributed by atoms with E-state index < -0.39 is 5.97 Å². The molecule has 4 nitrogen and oxygen atoms in total. The van der Waals surface area contributed by atoms with Crippen LogP contribution in [0.1, 0.15) is 10.4 Å². The zero-order valence-electron chi connectivity index (χ0n) is 4.90. The van der Waals surface area contributed by atoms with Gasteiger partial charge in [0.05, 0.1) is 5.56 Å². The Bertz CT molecular complexity index is 239. The average molecular weight is 159 g/mol. The lowest BCUT2D eigenvalue weighted by atomic mass is 10.3. The van der Waals surface area contributed by atoms with E-state index in [-0.39, 0.29) is 5.56 Å². The first-order valence-electron chi connectivity index (χ1n) is 2.48. The smallest absolute Gasteiger partial charge is 0.338 e. The summed E-state index contributed by atoms with van der Waals surface area (Å²) in [5, 5.41) is 8.43. The molecule has 0 spiro atoms. The Morgan fingerprint density at radius 1 is 1.80 bits per heavy atom. The third-order valence-corrected chi connectivity index (χ3v) is 1.27. The van der Waals surface area contributed by atoms with Gasteiger partial charge in [-0.05, 0) is 6.07 Å². The molecule has 0 aliphatic heterocycles. The molecule has 0 amide bonds. The molecule has 1 rings (SSSR count). The average Bonchev–Trinajstić information content (AvgIpc) is 2.12. The molecule has 0 unspecified atom stereocenters. The first-order valence-corrected chi connectivity index (χ1v) is 3.23.